The Labute approximate surface area is 171 Å². The molecule has 1 saturated heterocycles. The van der Waals surface area contributed by atoms with Crippen LogP contribution in [0.15, 0.2) is 46.9 Å². The van der Waals surface area contributed by atoms with E-state index < -0.39 is 4.92 Å². The van der Waals surface area contributed by atoms with E-state index in [0.29, 0.717) is 18.5 Å². The molecule has 0 saturated carbocycles. The molecule has 3 aromatic rings. The van der Waals surface area contributed by atoms with E-state index >= 15 is 0 Å². The fourth-order valence-corrected chi connectivity index (χ4v) is 3.64. The number of anilines is 1. The number of nitrogens with one attached hydrogen (secondary N) is 1. The fourth-order valence-electron chi connectivity index (χ4n) is 3.46. The Balaban J connectivity index is 1.31. The zero-order valence-electron chi connectivity index (χ0n) is 15.5. The van der Waals surface area contributed by atoms with E-state index in [9.17, 15) is 14.9 Å². The minimum atomic E-state index is -0.596. The number of rotatable bonds is 5. The van der Waals surface area contributed by atoms with Crippen molar-refractivity contribution in [1.82, 2.24) is 10.3 Å². The summed E-state index contributed by atoms with van der Waals surface area (Å²) in [5, 5.41) is 13.9. The quantitative estimate of drug-likeness (QED) is 0.499. The maximum Gasteiger partial charge on any atom is 0.298 e. The molecule has 0 aliphatic carbocycles. The molecule has 0 radical (unpaired) electrons. The monoisotopic (exact) mass is 414 g/mol. The number of para-hydroxylation sites is 2. The van der Waals surface area contributed by atoms with Crippen LogP contribution in [0, 0.1) is 16.0 Å². The number of nitro groups is 1. The highest BCUT2D eigenvalue weighted by molar-refractivity contribution is 6.32. The van der Waals surface area contributed by atoms with E-state index in [4.69, 9.17) is 16.0 Å². The first-order valence-electron chi connectivity index (χ1n) is 9.34. The Morgan fingerprint density at radius 3 is 2.76 bits per heavy atom. The molecule has 1 fully saturated rings. The topological polar surface area (TPSA) is 102 Å². The highest BCUT2D eigenvalue weighted by Crippen LogP contribution is 2.27. The molecule has 1 aromatic heterocycles. The zero-order chi connectivity index (χ0) is 20.4. The van der Waals surface area contributed by atoms with Crippen molar-refractivity contribution in [1.29, 1.82) is 0 Å². The van der Waals surface area contributed by atoms with Crippen LogP contribution in [-0.2, 0) is 0 Å². The van der Waals surface area contributed by atoms with E-state index in [2.05, 4.69) is 15.2 Å². The van der Waals surface area contributed by atoms with Crippen LogP contribution in [0.1, 0.15) is 23.2 Å². The van der Waals surface area contributed by atoms with Gasteiger partial charge < -0.3 is 14.6 Å². The molecule has 1 aliphatic heterocycles. The van der Waals surface area contributed by atoms with Gasteiger partial charge >= 0.3 is 0 Å². The van der Waals surface area contributed by atoms with E-state index in [1.165, 1.54) is 18.2 Å². The predicted molar refractivity (Wildman–Crippen MR) is 109 cm³/mol. The third-order valence-corrected chi connectivity index (χ3v) is 5.44. The van der Waals surface area contributed by atoms with Crippen LogP contribution in [0.3, 0.4) is 0 Å². The minimum absolute atomic E-state index is 0.0121. The first-order valence-corrected chi connectivity index (χ1v) is 9.72. The zero-order valence-corrected chi connectivity index (χ0v) is 16.3. The van der Waals surface area contributed by atoms with E-state index in [0.717, 1.165) is 37.0 Å². The molecular weight excluding hydrogens is 396 g/mol. The molecule has 0 spiro atoms. The summed E-state index contributed by atoms with van der Waals surface area (Å²) in [5.74, 6) is -0.0204. The van der Waals surface area contributed by atoms with Gasteiger partial charge in [0.25, 0.3) is 17.6 Å². The third kappa shape index (κ3) is 4.17. The molecule has 2 aromatic carbocycles. The van der Waals surface area contributed by atoms with E-state index in [1.54, 1.807) is 0 Å². The summed E-state index contributed by atoms with van der Waals surface area (Å²) < 4.78 is 5.82. The van der Waals surface area contributed by atoms with Gasteiger partial charge in [-0.15, -0.1) is 0 Å². The SMILES string of the molecule is O=C(NCC1CCN(c2nc3ccccc3o2)CC1)c1ccc(Cl)c([N+](=O)[O-])c1. The van der Waals surface area contributed by atoms with Gasteiger partial charge in [-0.05, 0) is 43.0 Å². The molecule has 1 aliphatic rings. The summed E-state index contributed by atoms with van der Waals surface area (Å²) >= 11 is 5.79. The molecule has 8 nitrogen and oxygen atoms in total. The van der Waals surface area contributed by atoms with Gasteiger partial charge in [-0.1, -0.05) is 23.7 Å². The number of benzene rings is 2. The molecule has 0 atom stereocenters. The standard InChI is InChI=1S/C20H19ClN4O4/c21-15-6-5-14(11-17(15)25(27)28)19(26)22-12-13-7-9-24(10-8-13)20-23-16-3-1-2-4-18(16)29-20/h1-6,11,13H,7-10,12H2,(H,22,26). The number of nitrogens with zero attached hydrogens (tertiary/aromatic N) is 3. The van der Waals surface area contributed by atoms with Crippen molar-refractivity contribution >= 4 is 40.3 Å². The van der Waals surface area contributed by atoms with Gasteiger partial charge in [0.1, 0.15) is 10.5 Å². The molecule has 29 heavy (non-hydrogen) atoms. The number of hydrogen-bond donors (Lipinski definition) is 1. The van der Waals surface area contributed by atoms with Crippen molar-refractivity contribution in [3.05, 3.63) is 63.2 Å². The highest BCUT2D eigenvalue weighted by atomic mass is 35.5. The second kappa shape index (κ2) is 8.08. The van der Waals surface area contributed by atoms with Crippen LogP contribution < -0.4 is 10.2 Å². The van der Waals surface area contributed by atoms with Gasteiger partial charge in [-0.25, -0.2) is 0 Å². The average molecular weight is 415 g/mol. The molecule has 2 heterocycles. The number of halogens is 1. The fraction of sp³-hybridized carbons (Fsp3) is 0.300. The molecule has 1 N–H and O–H groups in total. The number of carbonyl (C=O) groups is 1. The maximum absolute atomic E-state index is 12.3. The lowest BCUT2D eigenvalue weighted by Crippen LogP contribution is -2.38. The lowest BCUT2D eigenvalue weighted by molar-refractivity contribution is -0.384. The summed E-state index contributed by atoms with van der Waals surface area (Å²) in [6.07, 6.45) is 1.78. The Morgan fingerprint density at radius 2 is 2.03 bits per heavy atom. The number of aromatic nitrogens is 1. The van der Waals surface area contributed by atoms with Crippen molar-refractivity contribution in [2.75, 3.05) is 24.5 Å². The number of piperidine rings is 1. The minimum Gasteiger partial charge on any atom is -0.423 e. The highest BCUT2D eigenvalue weighted by Gasteiger charge is 2.23. The first-order chi connectivity index (χ1) is 14.0. The largest absolute Gasteiger partial charge is 0.423 e. The number of oxazole rings is 1. The summed E-state index contributed by atoms with van der Waals surface area (Å²) in [6.45, 7) is 2.09. The predicted octanol–water partition coefficient (Wildman–Crippen LogP) is 4.04. The Kier molecular flexibility index (Phi) is 5.35. The molecule has 150 valence electrons. The van der Waals surface area contributed by atoms with Gasteiger partial charge in [0.15, 0.2) is 5.58 Å². The molecule has 1 amide bonds. The summed E-state index contributed by atoms with van der Waals surface area (Å²) in [4.78, 5) is 29.4. The van der Waals surface area contributed by atoms with E-state index in [1.807, 2.05) is 24.3 Å². The number of fused-ring (bicyclic) bond motifs is 1. The Bertz CT molecular complexity index is 1030. The smallest absolute Gasteiger partial charge is 0.298 e. The van der Waals surface area contributed by atoms with Crippen LogP contribution in [0.2, 0.25) is 5.02 Å². The normalized spacial score (nSPS) is 14.9. The van der Waals surface area contributed by atoms with Crippen LogP contribution in [0.4, 0.5) is 11.7 Å². The van der Waals surface area contributed by atoms with Gasteiger partial charge in [-0.2, -0.15) is 4.98 Å². The van der Waals surface area contributed by atoms with Crippen LogP contribution in [0.25, 0.3) is 11.1 Å². The van der Waals surface area contributed by atoms with Gasteiger partial charge in [-0.3, -0.25) is 14.9 Å². The molecule has 0 unspecified atom stereocenters. The van der Waals surface area contributed by atoms with Gasteiger partial charge in [0.05, 0.1) is 4.92 Å². The van der Waals surface area contributed by atoms with Crippen molar-refractivity contribution in [2.24, 2.45) is 5.92 Å². The molecular formula is C20H19ClN4O4. The summed E-state index contributed by atoms with van der Waals surface area (Å²) in [7, 11) is 0. The van der Waals surface area contributed by atoms with E-state index in [-0.39, 0.29) is 22.2 Å². The number of carbonyl (C=O) groups excluding carboxylic acids is 1. The lowest BCUT2D eigenvalue weighted by atomic mass is 9.97. The van der Waals surface area contributed by atoms with Crippen LogP contribution in [-0.4, -0.2) is 35.4 Å². The molecule has 0 bridgehead atoms. The number of hydrogen-bond acceptors (Lipinski definition) is 6. The Hall–Kier alpha value is -3.13. The van der Waals surface area contributed by atoms with Crippen molar-refractivity contribution in [2.45, 2.75) is 12.8 Å². The van der Waals surface area contributed by atoms with Crippen molar-refractivity contribution in [3.8, 4) is 0 Å². The molecule has 9 heteroatoms. The summed E-state index contributed by atoms with van der Waals surface area (Å²) in [6, 6.07) is 12.4. The average Bonchev–Trinajstić information content (AvgIpc) is 3.17. The maximum atomic E-state index is 12.3. The van der Waals surface area contributed by atoms with Gasteiger partial charge in [0.2, 0.25) is 0 Å². The first kappa shape index (κ1) is 19.2. The lowest BCUT2D eigenvalue weighted by Gasteiger charge is -2.30. The Morgan fingerprint density at radius 1 is 1.28 bits per heavy atom. The van der Waals surface area contributed by atoms with Crippen molar-refractivity contribution < 1.29 is 14.1 Å². The third-order valence-electron chi connectivity index (χ3n) is 5.12. The summed E-state index contributed by atoms with van der Waals surface area (Å²) in [5.41, 5.74) is 1.57. The van der Waals surface area contributed by atoms with Crippen molar-refractivity contribution in [3.63, 3.8) is 0 Å². The van der Waals surface area contributed by atoms with Gasteiger partial charge in [0, 0.05) is 31.3 Å². The molecule has 4 rings (SSSR count). The number of amides is 1. The van der Waals surface area contributed by atoms with Crippen LogP contribution >= 0.6 is 11.6 Å². The second-order valence-electron chi connectivity index (χ2n) is 7.03. The second-order valence-corrected chi connectivity index (χ2v) is 7.44. The van der Waals surface area contributed by atoms with Crippen LogP contribution in [0.5, 0.6) is 0 Å². The number of nitro benzene ring substituents is 1.